The SMILES string of the molecule is CC(=O)Nc1cc2c(ccc3c(C)cccc32)cc1C(C)C. The molecule has 0 bridgehead atoms. The van der Waals surface area contributed by atoms with E-state index in [4.69, 9.17) is 0 Å². The lowest BCUT2D eigenvalue weighted by molar-refractivity contribution is -0.114. The zero-order valence-corrected chi connectivity index (χ0v) is 13.5. The first-order valence-electron chi connectivity index (χ1n) is 7.71. The van der Waals surface area contributed by atoms with Crippen LogP contribution in [0.4, 0.5) is 5.69 Å². The Labute approximate surface area is 131 Å². The minimum absolute atomic E-state index is 0.0299. The van der Waals surface area contributed by atoms with Gasteiger partial charge in [-0.25, -0.2) is 0 Å². The Morgan fingerprint density at radius 2 is 1.77 bits per heavy atom. The Hall–Kier alpha value is -2.35. The van der Waals surface area contributed by atoms with E-state index < -0.39 is 0 Å². The van der Waals surface area contributed by atoms with E-state index in [-0.39, 0.29) is 5.91 Å². The molecule has 1 N–H and O–H groups in total. The Morgan fingerprint density at radius 1 is 1.00 bits per heavy atom. The zero-order chi connectivity index (χ0) is 15.9. The maximum atomic E-state index is 11.5. The monoisotopic (exact) mass is 291 g/mol. The molecule has 0 aliphatic carbocycles. The molecule has 2 heteroatoms. The number of aryl methyl sites for hydroxylation is 1. The van der Waals surface area contributed by atoms with Gasteiger partial charge in [-0.05, 0) is 57.6 Å². The molecule has 1 amide bonds. The highest BCUT2D eigenvalue weighted by Gasteiger charge is 2.11. The van der Waals surface area contributed by atoms with Crippen LogP contribution in [-0.4, -0.2) is 5.91 Å². The standard InChI is InChI=1S/C20H21NO/c1-12(2)18-10-15-8-9-16-13(3)6-5-7-17(16)19(15)11-20(18)21-14(4)22/h5-12H,1-4H3,(H,21,22). The van der Waals surface area contributed by atoms with Gasteiger partial charge in [0.25, 0.3) is 0 Å². The van der Waals surface area contributed by atoms with Crippen molar-refractivity contribution in [3.63, 3.8) is 0 Å². The number of carbonyl (C=O) groups is 1. The van der Waals surface area contributed by atoms with Crippen LogP contribution in [0.5, 0.6) is 0 Å². The summed E-state index contributed by atoms with van der Waals surface area (Å²) in [7, 11) is 0. The fourth-order valence-corrected chi connectivity index (χ4v) is 3.09. The summed E-state index contributed by atoms with van der Waals surface area (Å²) < 4.78 is 0. The van der Waals surface area contributed by atoms with E-state index in [1.165, 1.54) is 32.7 Å². The van der Waals surface area contributed by atoms with Crippen molar-refractivity contribution in [2.75, 3.05) is 5.32 Å². The van der Waals surface area contributed by atoms with Gasteiger partial charge in [0.05, 0.1) is 0 Å². The van der Waals surface area contributed by atoms with Crippen molar-refractivity contribution in [2.45, 2.75) is 33.6 Å². The average Bonchev–Trinajstić information content (AvgIpc) is 2.46. The van der Waals surface area contributed by atoms with Crippen molar-refractivity contribution < 1.29 is 4.79 Å². The van der Waals surface area contributed by atoms with E-state index in [9.17, 15) is 4.79 Å². The topological polar surface area (TPSA) is 29.1 Å². The van der Waals surface area contributed by atoms with Crippen LogP contribution in [0.2, 0.25) is 0 Å². The first kappa shape index (κ1) is 14.6. The van der Waals surface area contributed by atoms with Crippen LogP contribution in [0.15, 0.2) is 42.5 Å². The molecule has 22 heavy (non-hydrogen) atoms. The molecule has 2 nitrogen and oxygen atoms in total. The smallest absolute Gasteiger partial charge is 0.221 e. The molecule has 0 aromatic heterocycles. The summed E-state index contributed by atoms with van der Waals surface area (Å²) >= 11 is 0. The van der Waals surface area contributed by atoms with E-state index in [1.807, 2.05) is 0 Å². The van der Waals surface area contributed by atoms with Gasteiger partial charge in [-0.1, -0.05) is 44.2 Å². The molecule has 112 valence electrons. The largest absolute Gasteiger partial charge is 0.326 e. The molecule has 0 saturated carbocycles. The quantitative estimate of drug-likeness (QED) is 0.631. The minimum atomic E-state index is -0.0299. The van der Waals surface area contributed by atoms with Crippen LogP contribution in [0.1, 0.15) is 37.8 Å². The third kappa shape index (κ3) is 2.45. The van der Waals surface area contributed by atoms with Gasteiger partial charge in [0, 0.05) is 12.6 Å². The number of hydrogen-bond acceptors (Lipinski definition) is 1. The fourth-order valence-electron chi connectivity index (χ4n) is 3.09. The number of amides is 1. The molecule has 0 unspecified atom stereocenters. The summed E-state index contributed by atoms with van der Waals surface area (Å²) in [6.07, 6.45) is 0. The second-order valence-electron chi connectivity index (χ2n) is 6.23. The van der Waals surface area contributed by atoms with Crippen molar-refractivity contribution in [3.8, 4) is 0 Å². The number of anilines is 1. The van der Waals surface area contributed by atoms with Gasteiger partial charge in [0.1, 0.15) is 0 Å². The van der Waals surface area contributed by atoms with E-state index in [1.54, 1.807) is 6.92 Å². The molecular weight excluding hydrogens is 270 g/mol. The normalized spacial score (nSPS) is 11.3. The van der Waals surface area contributed by atoms with Gasteiger partial charge >= 0.3 is 0 Å². The number of nitrogens with one attached hydrogen (secondary N) is 1. The van der Waals surface area contributed by atoms with E-state index >= 15 is 0 Å². The lowest BCUT2D eigenvalue weighted by atomic mass is 9.93. The van der Waals surface area contributed by atoms with Crippen molar-refractivity contribution in [3.05, 3.63) is 53.6 Å². The molecule has 0 radical (unpaired) electrons. The lowest BCUT2D eigenvalue weighted by Crippen LogP contribution is -2.09. The molecule has 0 aliphatic rings. The molecule has 0 heterocycles. The van der Waals surface area contributed by atoms with Crippen molar-refractivity contribution in [1.29, 1.82) is 0 Å². The number of benzene rings is 3. The van der Waals surface area contributed by atoms with Crippen LogP contribution >= 0.6 is 0 Å². The van der Waals surface area contributed by atoms with Gasteiger partial charge in [-0.3, -0.25) is 4.79 Å². The highest BCUT2D eigenvalue weighted by molar-refractivity contribution is 6.10. The first-order valence-corrected chi connectivity index (χ1v) is 7.71. The second kappa shape index (κ2) is 5.45. The third-order valence-corrected chi connectivity index (χ3v) is 4.20. The summed E-state index contributed by atoms with van der Waals surface area (Å²) in [6, 6.07) is 15.1. The van der Waals surface area contributed by atoms with Crippen LogP contribution in [0.25, 0.3) is 21.5 Å². The van der Waals surface area contributed by atoms with Crippen LogP contribution in [0, 0.1) is 6.92 Å². The maximum absolute atomic E-state index is 11.5. The van der Waals surface area contributed by atoms with Gasteiger partial charge in [0.15, 0.2) is 0 Å². The summed E-state index contributed by atoms with van der Waals surface area (Å²) in [5, 5.41) is 7.90. The highest BCUT2D eigenvalue weighted by Crippen LogP contribution is 2.34. The van der Waals surface area contributed by atoms with Gasteiger partial charge < -0.3 is 5.32 Å². The molecule has 0 atom stereocenters. The van der Waals surface area contributed by atoms with E-state index in [2.05, 4.69) is 68.6 Å². The van der Waals surface area contributed by atoms with Crippen LogP contribution in [0.3, 0.4) is 0 Å². The zero-order valence-electron chi connectivity index (χ0n) is 13.5. The Balaban J connectivity index is 2.37. The van der Waals surface area contributed by atoms with Crippen LogP contribution < -0.4 is 5.32 Å². The molecule has 0 spiro atoms. The summed E-state index contributed by atoms with van der Waals surface area (Å²) in [5.74, 6) is 0.331. The van der Waals surface area contributed by atoms with Gasteiger partial charge in [-0.2, -0.15) is 0 Å². The number of rotatable bonds is 2. The third-order valence-electron chi connectivity index (χ3n) is 4.20. The van der Waals surface area contributed by atoms with Gasteiger partial charge in [0.2, 0.25) is 5.91 Å². The minimum Gasteiger partial charge on any atom is -0.326 e. The van der Waals surface area contributed by atoms with Gasteiger partial charge in [-0.15, -0.1) is 0 Å². The molecular formula is C20H21NO. The van der Waals surface area contributed by atoms with E-state index in [0.29, 0.717) is 5.92 Å². The highest BCUT2D eigenvalue weighted by atomic mass is 16.1. The van der Waals surface area contributed by atoms with Crippen LogP contribution in [-0.2, 0) is 4.79 Å². The first-order chi connectivity index (χ1) is 10.5. The summed E-state index contributed by atoms with van der Waals surface area (Å²) in [5.41, 5.74) is 3.37. The Kier molecular flexibility index (Phi) is 3.61. The molecule has 3 aromatic rings. The van der Waals surface area contributed by atoms with E-state index in [0.717, 1.165) is 5.69 Å². The molecule has 3 aromatic carbocycles. The van der Waals surface area contributed by atoms with Crippen molar-refractivity contribution in [2.24, 2.45) is 0 Å². The van der Waals surface area contributed by atoms with Crippen molar-refractivity contribution in [1.82, 2.24) is 0 Å². The summed E-state index contributed by atoms with van der Waals surface area (Å²) in [4.78, 5) is 11.5. The second-order valence-corrected chi connectivity index (χ2v) is 6.23. The predicted octanol–water partition coefficient (Wildman–Crippen LogP) is 5.38. The fraction of sp³-hybridized carbons (Fsp3) is 0.250. The molecule has 3 rings (SSSR count). The molecule has 0 saturated heterocycles. The summed E-state index contributed by atoms with van der Waals surface area (Å²) in [6.45, 7) is 7.99. The molecule has 0 fully saturated rings. The predicted molar refractivity (Wildman–Crippen MR) is 94.6 cm³/mol. The number of hydrogen-bond donors (Lipinski definition) is 1. The maximum Gasteiger partial charge on any atom is 0.221 e. The number of fused-ring (bicyclic) bond motifs is 3. The Morgan fingerprint density at radius 3 is 2.45 bits per heavy atom. The van der Waals surface area contributed by atoms with Crippen molar-refractivity contribution >= 4 is 33.1 Å². The molecule has 0 aliphatic heterocycles. The Bertz CT molecular complexity index is 878. The average molecular weight is 291 g/mol. The number of carbonyl (C=O) groups excluding carboxylic acids is 1. The lowest BCUT2D eigenvalue weighted by Gasteiger charge is -2.16.